The van der Waals surface area contributed by atoms with Gasteiger partial charge in [0.2, 0.25) is 0 Å². The van der Waals surface area contributed by atoms with Crippen LogP contribution in [0.5, 0.6) is 0 Å². The summed E-state index contributed by atoms with van der Waals surface area (Å²) in [5.41, 5.74) is 0. The zero-order chi connectivity index (χ0) is 16.5. The Morgan fingerprint density at radius 1 is 1.09 bits per heavy atom. The fraction of sp³-hybridized carbons (Fsp3) is 0.882. The predicted molar refractivity (Wildman–Crippen MR) is 83.1 cm³/mol. The first kappa shape index (κ1) is 18.9. The number of carbonyl (C=O) groups is 2. The molecule has 0 aromatic carbocycles. The van der Waals surface area contributed by atoms with Crippen LogP contribution in [0.15, 0.2) is 0 Å². The molecule has 5 heteroatoms. The van der Waals surface area contributed by atoms with E-state index in [4.69, 9.17) is 9.47 Å². The van der Waals surface area contributed by atoms with Gasteiger partial charge in [0.15, 0.2) is 0 Å². The summed E-state index contributed by atoms with van der Waals surface area (Å²) >= 11 is 0. The van der Waals surface area contributed by atoms with Crippen molar-refractivity contribution in [1.29, 1.82) is 0 Å². The van der Waals surface area contributed by atoms with Gasteiger partial charge < -0.3 is 14.6 Å². The molecule has 0 aromatic rings. The van der Waals surface area contributed by atoms with Crippen LogP contribution in [-0.2, 0) is 19.1 Å². The van der Waals surface area contributed by atoms with E-state index in [0.29, 0.717) is 32.0 Å². The molecule has 2 atom stereocenters. The topological polar surface area (TPSA) is 72.8 Å². The van der Waals surface area contributed by atoms with Gasteiger partial charge in [-0.2, -0.15) is 0 Å². The van der Waals surface area contributed by atoms with Crippen molar-refractivity contribution in [3.8, 4) is 0 Å². The summed E-state index contributed by atoms with van der Waals surface area (Å²) < 4.78 is 10.4. The first-order valence-corrected chi connectivity index (χ1v) is 8.49. The van der Waals surface area contributed by atoms with Gasteiger partial charge in [-0.1, -0.05) is 13.8 Å². The Morgan fingerprint density at radius 2 is 1.73 bits per heavy atom. The van der Waals surface area contributed by atoms with Crippen LogP contribution in [0, 0.1) is 17.8 Å². The van der Waals surface area contributed by atoms with Crippen molar-refractivity contribution in [2.24, 2.45) is 17.8 Å². The molecule has 0 amide bonds. The minimum Gasteiger partial charge on any atom is -0.466 e. The lowest BCUT2D eigenvalue weighted by molar-refractivity contribution is -0.153. The van der Waals surface area contributed by atoms with Crippen LogP contribution in [0.1, 0.15) is 59.3 Å². The molecule has 22 heavy (non-hydrogen) atoms. The summed E-state index contributed by atoms with van der Waals surface area (Å²) in [5, 5.41) is 9.46. The van der Waals surface area contributed by atoms with Gasteiger partial charge in [-0.05, 0) is 51.4 Å². The summed E-state index contributed by atoms with van der Waals surface area (Å²) in [6.45, 7) is 6.29. The van der Waals surface area contributed by atoms with E-state index < -0.39 is 0 Å². The summed E-state index contributed by atoms with van der Waals surface area (Å²) in [6.07, 6.45) is 4.33. The van der Waals surface area contributed by atoms with E-state index in [0.717, 1.165) is 25.7 Å². The summed E-state index contributed by atoms with van der Waals surface area (Å²) in [5.74, 6) is -0.665. The summed E-state index contributed by atoms with van der Waals surface area (Å²) in [6, 6.07) is 0. The molecule has 1 N–H and O–H groups in total. The minimum atomic E-state index is -0.302. The van der Waals surface area contributed by atoms with Crippen LogP contribution < -0.4 is 0 Å². The Labute approximate surface area is 133 Å². The maximum absolute atomic E-state index is 12.1. The molecule has 0 aliphatic heterocycles. The number of hydrogen-bond acceptors (Lipinski definition) is 5. The lowest BCUT2D eigenvalue weighted by atomic mass is 9.88. The van der Waals surface area contributed by atoms with Gasteiger partial charge in [0, 0.05) is 0 Å². The molecular weight excluding hydrogens is 284 g/mol. The maximum Gasteiger partial charge on any atom is 0.308 e. The predicted octanol–water partition coefficient (Wildman–Crippen LogP) is 2.70. The first-order chi connectivity index (χ1) is 10.5. The lowest BCUT2D eigenvalue weighted by Gasteiger charge is -2.25. The average Bonchev–Trinajstić information content (AvgIpc) is 2.51. The second-order valence-electron chi connectivity index (χ2n) is 6.30. The Hall–Kier alpha value is -1.10. The Balaban J connectivity index is 2.33. The third kappa shape index (κ3) is 6.34. The van der Waals surface area contributed by atoms with Crippen LogP contribution in [0.25, 0.3) is 0 Å². The average molecular weight is 314 g/mol. The van der Waals surface area contributed by atoms with Crippen molar-refractivity contribution in [1.82, 2.24) is 0 Å². The van der Waals surface area contributed by atoms with Crippen LogP contribution in [0.4, 0.5) is 0 Å². The number of esters is 2. The van der Waals surface area contributed by atoms with E-state index in [-0.39, 0.29) is 29.9 Å². The van der Waals surface area contributed by atoms with Crippen LogP contribution in [0.2, 0.25) is 0 Å². The molecule has 1 fully saturated rings. The summed E-state index contributed by atoms with van der Waals surface area (Å²) in [4.78, 5) is 23.8. The molecule has 0 heterocycles. The number of hydrogen-bond donors (Lipinski definition) is 1. The molecule has 5 nitrogen and oxygen atoms in total. The number of carbonyl (C=O) groups excluding carboxylic acids is 2. The highest BCUT2D eigenvalue weighted by Gasteiger charge is 2.26. The fourth-order valence-electron chi connectivity index (χ4n) is 2.87. The molecule has 0 radical (unpaired) electrons. The molecule has 0 spiro atoms. The normalized spacial score (nSPS) is 24.4. The van der Waals surface area contributed by atoms with Gasteiger partial charge in [-0.25, -0.2) is 0 Å². The van der Waals surface area contributed by atoms with E-state index in [1.807, 2.05) is 6.92 Å². The molecule has 128 valence electrons. The van der Waals surface area contributed by atoms with Crippen LogP contribution >= 0.6 is 0 Å². The van der Waals surface area contributed by atoms with Gasteiger partial charge >= 0.3 is 11.9 Å². The third-order valence-electron chi connectivity index (χ3n) is 4.43. The van der Waals surface area contributed by atoms with Crippen molar-refractivity contribution < 1.29 is 24.2 Å². The number of aliphatic hydroxyl groups excluding tert-OH is 1. The van der Waals surface area contributed by atoms with Gasteiger partial charge in [0.1, 0.15) is 0 Å². The monoisotopic (exact) mass is 314 g/mol. The quantitative estimate of drug-likeness (QED) is 0.697. The van der Waals surface area contributed by atoms with E-state index >= 15 is 0 Å². The molecule has 0 aromatic heterocycles. The van der Waals surface area contributed by atoms with Crippen molar-refractivity contribution in [3.63, 3.8) is 0 Å². The molecule has 1 rings (SSSR count). The molecule has 1 aliphatic carbocycles. The van der Waals surface area contributed by atoms with Gasteiger partial charge in [0.05, 0.1) is 31.2 Å². The fourth-order valence-corrected chi connectivity index (χ4v) is 2.87. The molecule has 1 saturated carbocycles. The zero-order valence-electron chi connectivity index (χ0n) is 14.0. The van der Waals surface area contributed by atoms with Crippen molar-refractivity contribution in [2.75, 3.05) is 13.2 Å². The van der Waals surface area contributed by atoms with Gasteiger partial charge in [-0.15, -0.1) is 0 Å². The number of rotatable bonds is 8. The zero-order valence-corrected chi connectivity index (χ0v) is 14.0. The highest BCUT2D eigenvalue weighted by Crippen LogP contribution is 2.25. The Bertz CT molecular complexity index is 347. The van der Waals surface area contributed by atoms with E-state index in [2.05, 4.69) is 0 Å². The van der Waals surface area contributed by atoms with Crippen LogP contribution in [-0.4, -0.2) is 36.4 Å². The smallest absolute Gasteiger partial charge is 0.308 e. The minimum absolute atomic E-state index is 0.194. The highest BCUT2D eigenvalue weighted by atomic mass is 16.5. The van der Waals surface area contributed by atoms with Gasteiger partial charge in [0.25, 0.3) is 0 Å². The van der Waals surface area contributed by atoms with Crippen molar-refractivity contribution >= 4 is 11.9 Å². The number of aliphatic hydroxyl groups is 1. The highest BCUT2D eigenvalue weighted by molar-refractivity contribution is 5.75. The lowest BCUT2D eigenvalue weighted by Crippen LogP contribution is -2.27. The summed E-state index contributed by atoms with van der Waals surface area (Å²) in [7, 11) is 0. The SMILES string of the molecule is CCOC(=O)C(CC)CC(C)C(=O)OCC1CCC(O)CC1. The first-order valence-electron chi connectivity index (χ1n) is 8.49. The van der Waals surface area contributed by atoms with Crippen molar-refractivity contribution in [3.05, 3.63) is 0 Å². The molecule has 2 unspecified atom stereocenters. The van der Waals surface area contributed by atoms with E-state index in [9.17, 15) is 14.7 Å². The Morgan fingerprint density at radius 3 is 2.27 bits per heavy atom. The van der Waals surface area contributed by atoms with Crippen molar-refractivity contribution in [2.45, 2.75) is 65.4 Å². The standard InChI is InChI=1S/C17H30O5/c1-4-14(17(20)21-5-2)10-12(3)16(19)22-11-13-6-8-15(18)9-7-13/h12-15,18H,4-11H2,1-3H3. The number of ether oxygens (including phenoxy) is 2. The molecule has 0 bridgehead atoms. The second kappa shape index (κ2) is 9.82. The van der Waals surface area contributed by atoms with Crippen LogP contribution in [0.3, 0.4) is 0 Å². The molecular formula is C17H30O5. The largest absolute Gasteiger partial charge is 0.466 e. The molecule has 0 saturated heterocycles. The van der Waals surface area contributed by atoms with E-state index in [1.54, 1.807) is 13.8 Å². The maximum atomic E-state index is 12.1. The Kier molecular flexibility index (Phi) is 8.46. The van der Waals surface area contributed by atoms with Gasteiger partial charge in [-0.3, -0.25) is 9.59 Å². The third-order valence-corrected chi connectivity index (χ3v) is 4.43. The molecule has 1 aliphatic rings. The second-order valence-corrected chi connectivity index (χ2v) is 6.30. The van der Waals surface area contributed by atoms with E-state index in [1.165, 1.54) is 0 Å².